The molecule has 1 nitrogen and oxygen atoms in total. The van der Waals surface area contributed by atoms with Gasteiger partial charge in [-0.25, -0.2) is 0 Å². The topological polar surface area (TPSA) is 9.23 Å². The number of hydrogen-bond donors (Lipinski definition) is 0. The number of benzene rings is 1. The molecule has 1 aromatic carbocycles. The Labute approximate surface area is 87.2 Å². The molecule has 1 atom stereocenters. The number of alkyl halides is 1. The second-order valence-corrected chi connectivity index (χ2v) is 4.32. The van der Waals surface area contributed by atoms with Crippen molar-refractivity contribution in [2.24, 2.45) is 0 Å². The fourth-order valence-electron chi connectivity index (χ4n) is 1.90. The lowest BCUT2D eigenvalue weighted by Gasteiger charge is -2.07. The van der Waals surface area contributed by atoms with E-state index in [4.69, 9.17) is 4.74 Å². The molecule has 0 fully saturated rings. The molecule has 0 N–H and O–H groups in total. The molecule has 2 heteroatoms. The van der Waals surface area contributed by atoms with E-state index in [1.54, 1.807) is 0 Å². The third-order valence-electron chi connectivity index (χ3n) is 2.40. The first-order chi connectivity index (χ1) is 6.20. The molecule has 1 aliphatic rings. The first-order valence-corrected chi connectivity index (χ1v) is 5.65. The fourth-order valence-corrected chi connectivity index (χ4v) is 2.26. The zero-order valence-electron chi connectivity index (χ0n) is 7.93. The smallest absolute Gasteiger partial charge is 0.126 e. The van der Waals surface area contributed by atoms with Gasteiger partial charge in [0.15, 0.2) is 0 Å². The van der Waals surface area contributed by atoms with Crippen LogP contribution >= 0.6 is 15.9 Å². The zero-order chi connectivity index (χ0) is 9.42. The number of rotatable bonds is 1. The van der Waals surface area contributed by atoms with Crippen molar-refractivity contribution >= 4 is 15.9 Å². The molecule has 1 aromatic rings. The Morgan fingerprint density at radius 3 is 2.92 bits per heavy atom. The summed E-state index contributed by atoms with van der Waals surface area (Å²) in [6.45, 7) is 4.25. The Morgan fingerprint density at radius 2 is 2.23 bits per heavy atom. The van der Waals surface area contributed by atoms with E-state index < -0.39 is 0 Å². The second-order valence-electron chi connectivity index (χ2n) is 3.67. The Morgan fingerprint density at radius 1 is 1.46 bits per heavy atom. The molecule has 0 saturated carbocycles. The lowest BCUT2D eigenvalue weighted by molar-refractivity contribution is 0.259. The summed E-state index contributed by atoms with van der Waals surface area (Å²) < 4.78 is 5.79. The van der Waals surface area contributed by atoms with Crippen molar-refractivity contribution in [3.8, 4) is 5.75 Å². The van der Waals surface area contributed by atoms with Crippen molar-refractivity contribution in [1.29, 1.82) is 0 Å². The van der Waals surface area contributed by atoms with Gasteiger partial charge in [-0.2, -0.15) is 0 Å². The van der Waals surface area contributed by atoms with Crippen LogP contribution in [0.25, 0.3) is 0 Å². The minimum atomic E-state index is 0.329. The third kappa shape index (κ3) is 1.60. The van der Waals surface area contributed by atoms with Gasteiger partial charge in [0.2, 0.25) is 0 Å². The molecule has 1 heterocycles. The Bertz CT molecular complexity index is 333. The summed E-state index contributed by atoms with van der Waals surface area (Å²) in [6, 6.07) is 4.40. The molecule has 0 spiro atoms. The normalized spacial score (nSPS) is 19.8. The van der Waals surface area contributed by atoms with Crippen LogP contribution in [-0.2, 0) is 6.42 Å². The fraction of sp³-hybridized carbons (Fsp3) is 0.455. The highest BCUT2D eigenvalue weighted by Crippen LogP contribution is 2.33. The quantitative estimate of drug-likeness (QED) is 0.687. The zero-order valence-corrected chi connectivity index (χ0v) is 9.52. The Kier molecular flexibility index (Phi) is 2.33. The van der Waals surface area contributed by atoms with Gasteiger partial charge in [0, 0.05) is 11.8 Å². The van der Waals surface area contributed by atoms with Crippen LogP contribution in [0.1, 0.15) is 16.7 Å². The van der Waals surface area contributed by atoms with Gasteiger partial charge in [0.25, 0.3) is 0 Å². The number of halogens is 1. The molecular formula is C11H13BrO. The first kappa shape index (κ1) is 9.07. The van der Waals surface area contributed by atoms with E-state index in [2.05, 4.69) is 41.9 Å². The maximum Gasteiger partial charge on any atom is 0.126 e. The van der Waals surface area contributed by atoms with Crippen LogP contribution in [0.3, 0.4) is 0 Å². The van der Waals surface area contributed by atoms with Crippen LogP contribution in [0.5, 0.6) is 5.75 Å². The van der Waals surface area contributed by atoms with Gasteiger partial charge in [-0.05, 0) is 25.0 Å². The summed E-state index contributed by atoms with van der Waals surface area (Å²) in [5.41, 5.74) is 3.95. The van der Waals surface area contributed by atoms with Gasteiger partial charge >= 0.3 is 0 Å². The summed E-state index contributed by atoms with van der Waals surface area (Å²) in [7, 11) is 0. The van der Waals surface area contributed by atoms with Gasteiger partial charge < -0.3 is 4.74 Å². The highest BCUT2D eigenvalue weighted by molar-refractivity contribution is 9.09. The lowest BCUT2D eigenvalue weighted by atomic mass is 10.0. The van der Waals surface area contributed by atoms with E-state index in [0.717, 1.165) is 17.5 Å². The van der Waals surface area contributed by atoms with Crippen LogP contribution in [0.4, 0.5) is 0 Å². The van der Waals surface area contributed by atoms with E-state index in [9.17, 15) is 0 Å². The Hall–Kier alpha value is -0.500. The van der Waals surface area contributed by atoms with Crippen LogP contribution in [0, 0.1) is 13.8 Å². The molecule has 0 bridgehead atoms. The second kappa shape index (κ2) is 3.33. The van der Waals surface area contributed by atoms with E-state index >= 15 is 0 Å². The van der Waals surface area contributed by atoms with Crippen molar-refractivity contribution in [3.63, 3.8) is 0 Å². The molecule has 0 saturated heterocycles. The summed E-state index contributed by atoms with van der Waals surface area (Å²) in [5, 5.41) is 0.917. The summed E-state index contributed by atoms with van der Waals surface area (Å²) in [4.78, 5) is 0. The molecule has 0 aliphatic carbocycles. The molecule has 0 radical (unpaired) electrons. The maximum atomic E-state index is 5.79. The van der Waals surface area contributed by atoms with Crippen LogP contribution in [0.15, 0.2) is 12.1 Å². The molecule has 0 aromatic heterocycles. The van der Waals surface area contributed by atoms with E-state index in [1.165, 1.54) is 16.7 Å². The summed E-state index contributed by atoms with van der Waals surface area (Å²) in [5.74, 6) is 1.11. The van der Waals surface area contributed by atoms with Crippen molar-refractivity contribution in [3.05, 3.63) is 28.8 Å². The van der Waals surface area contributed by atoms with Gasteiger partial charge in [-0.15, -0.1) is 0 Å². The standard InChI is InChI=1S/C11H13BrO/c1-7-3-8(2)11-9(4-7)5-10(6-12)13-11/h3-4,10H,5-6H2,1-2H3. The summed E-state index contributed by atoms with van der Waals surface area (Å²) >= 11 is 3.45. The maximum absolute atomic E-state index is 5.79. The molecule has 1 unspecified atom stereocenters. The SMILES string of the molecule is Cc1cc(C)c2c(c1)CC(CBr)O2. The van der Waals surface area contributed by atoms with Gasteiger partial charge in [-0.3, -0.25) is 0 Å². The predicted octanol–water partition coefficient (Wildman–Crippen LogP) is 3.00. The molecule has 70 valence electrons. The average Bonchev–Trinajstić information content (AvgIpc) is 2.47. The van der Waals surface area contributed by atoms with Crippen LogP contribution in [-0.4, -0.2) is 11.4 Å². The van der Waals surface area contributed by atoms with Crippen molar-refractivity contribution in [2.45, 2.75) is 26.4 Å². The van der Waals surface area contributed by atoms with E-state index in [-0.39, 0.29) is 0 Å². The van der Waals surface area contributed by atoms with Gasteiger partial charge in [0.1, 0.15) is 11.9 Å². The third-order valence-corrected chi connectivity index (χ3v) is 3.12. The van der Waals surface area contributed by atoms with Crippen molar-refractivity contribution in [1.82, 2.24) is 0 Å². The van der Waals surface area contributed by atoms with Crippen LogP contribution in [0.2, 0.25) is 0 Å². The van der Waals surface area contributed by atoms with Gasteiger partial charge in [-0.1, -0.05) is 33.6 Å². The molecule has 2 rings (SSSR count). The summed E-state index contributed by atoms with van der Waals surface area (Å²) in [6.07, 6.45) is 1.37. The highest BCUT2D eigenvalue weighted by atomic mass is 79.9. The van der Waals surface area contributed by atoms with Crippen molar-refractivity contribution in [2.75, 3.05) is 5.33 Å². The number of aryl methyl sites for hydroxylation is 2. The van der Waals surface area contributed by atoms with Crippen LogP contribution < -0.4 is 4.74 Å². The van der Waals surface area contributed by atoms with E-state index in [1.807, 2.05) is 0 Å². The molecule has 1 aliphatic heterocycles. The largest absolute Gasteiger partial charge is 0.489 e. The highest BCUT2D eigenvalue weighted by Gasteiger charge is 2.23. The van der Waals surface area contributed by atoms with Crippen molar-refractivity contribution < 1.29 is 4.74 Å². The lowest BCUT2D eigenvalue weighted by Crippen LogP contribution is -2.13. The number of hydrogen-bond acceptors (Lipinski definition) is 1. The molecule has 0 amide bonds. The minimum Gasteiger partial charge on any atom is -0.489 e. The van der Waals surface area contributed by atoms with Gasteiger partial charge in [0.05, 0.1) is 0 Å². The monoisotopic (exact) mass is 240 g/mol. The minimum absolute atomic E-state index is 0.329. The average molecular weight is 241 g/mol. The van der Waals surface area contributed by atoms with E-state index in [0.29, 0.717) is 6.10 Å². The molecule has 13 heavy (non-hydrogen) atoms. The number of fused-ring (bicyclic) bond motifs is 1. The number of ether oxygens (including phenoxy) is 1. The Balaban J connectivity index is 2.40. The predicted molar refractivity (Wildman–Crippen MR) is 57.8 cm³/mol. The molecular weight excluding hydrogens is 228 g/mol. The first-order valence-electron chi connectivity index (χ1n) is 4.53.